The lowest BCUT2D eigenvalue weighted by Gasteiger charge is -2.26. The normalized spacial score (nSPS) is 16.3. The Bertz CT molecular complexity index is 814. The van der Waals surface area contributed by atoms with Crippen LogP contribution >= 0.6 is 0 Å². The fourth-order valence-electron chi connectivity index (χ4n) is 3.47. The van der Waals surface area contributed by atoms with Gasteiger partial charge < -0.3 is 19.9 Å². The molecule has 140 valence electrons. The number of aryl methyl sites for hydroxylation is 1. The van der Waals surface area contributed by atoms with Crippen LogP contribution in [0.3, 0.4) is 0 Å². The van der Waals surface area contributed by atoms with Gasteiger partial charge in [0.1, 0.15) is 5.75 Å². The van der Waals surface area contributed by atoms with Crippen molar-refractivity contribution in [3.05, 3.63) is 30.0 Å². The van der Waals surface area contributed by atoms with E-state index in [0.717, 1.165) is 23.1 Å². The highest BCUT2D eigenvalue weighted by atomic mass is 16.5. The minimum absolute atomic E-state index is 0.00193. The number of ether oxygens (including phenoxy) is 1. The van der Waals surface area contributed by atoms with Gasteiger partial charge in [0.15, 0.2) is 0 Å². The standard InChI is InChI=1S/C19H26N4O3/c1-13(21-19(25)12-23-7-6-20-18(24)11-23)8-14-10-22(2)17-5-4-15(26-3)9-16(14)17/h4-5,9-10,13H,6-8,11-12H2,1-3H3,(H,20,24)(H,21,25)/t13-/m1/s1. The summed E-state index contributed by atoms with van der Waals surface area (Å²) in [6.45, 7) is 3.84. The Morgan fingerprint density at radius 2 is 2.23 bits per heavy atom. The van der Waals surface area contributed by atoms with E-state index in [9.17, 15) is 9.59 Å². The quantitative estimate of drug-likeness (QED) is 0.796. The average molecular weight is 358 g/mol. The Hall–Kier alpha value is -2.54. The van der Waals surface area contributed by atoms with Crippen LogP contribution in [0.1, 0.15) is 12.5 Å². The Balaban J connectivity index is 1.62. The molecule has 0 radical (unpaired) electrons. The zero-order chi connectivity index (χ0) is 18.7. The van der Waals surface area contributed by atoms with Gasteiger partial charge in [0.25, 0.3) is 0 Å². The van der Waals surface area contributed by atoms with Crippen LogP contribution in [0.2, 0.25) is 0 Å². The zero-order valence-electron chi connectivity index (χ0n) is 15.5. The first-order valence-corrected chi connectivity index (χ1v) is 8.86. The fraction of sp³-hybridized carbons (Fsp3) is 0.474. The summed E-state index contributed by atoms with van der Waals surface area (Å²) in [5, 5.41) is 6.94. The molecule has 1 aliphatic heterocycles. The summed E-state index contributed by atoms with van der Waals surface area (Å²) >= 11 is 0. The monoisotopic (exact) mass is 358 g/mol. The lowest BCUT2D eigenvalue weighted by atomic mass is 10.1. The summed E-state index contributed by atoms with van der Waals surface area (Å²) < 4.78 is 7.42. The highest BCUT2D eigenvalue weighted by molar-refractivity contribution is 5.86. The molecule has 0 aliphatic carbocycles. The number of amides is 2. The van der Waals surface area contributed by atoms with Crippen molar-refractivity contribution in [3.8, 4) is 5.75 Å². The Morgan fingerprint density at radius 1 is 1.42 bits per heavy atom. The van der Waals surface area contributed by atoms with Crippen LogP contribution < -0.4 is 15.4 Å². The molecule has 26 heavy (non-hydrogen) atoms. The molecule has 7 nitrogen and oxygen atoms in total. The second kappa shape index (κ2) is 7.78. The maximum atomic E-state index is 12.3. The SMILES string of the molecule is COc1ccc2c(c1)c(C[C@@H](C)NC(=O)CN1CCNC(=O)C1)cn2C. The van der Waals surface area contributed by atoms with Gasteiger partial charge in [0.05, 0.1) is 20.2 Å². The largest absolute Gasteiger partial charge is 0.497 e. The number of hydrogen-bond acceptors (Lipinski definition) is 4. The number of rotatable bonds is 6. The van der Waals surface area contributed by atoms with Gasteiger partial charge in [-0.05, 0) is 37.1 Å². The maximum absolute atomic E-state index is 12.3. The van der Waals surface area contributed by atoms with E-state index in [2.05, 4.69) is 21.4 Å². The molecular formula is C19H26N4O3. The third-order valence-electron chi connectivity index (χ3n) is 4.70. The zero-order valence-corrected chi connectivity index (χ0v) is 15.5. The molecular weight excluding hydrogens is 332 g/mol. The number of carbonyl (C=O) groups excluding carboxylic acids is 2. The number of methoxy groups -OCH3 is 1. The first-order valence-electron chi connectivity index (χ1n) is 8.86. The Labute approximate surface area is 153 Å². The van der Waals surface area contributed by atoms with Gasteiger partial charge in [-0.3, -0.25) is 14.5 Å². The highest BCUT2D eigenvalue weighted by Gasteiger charge is 2.20. The molecule has 2 amide bonds. The molecule has 1 saturated heterocycles. The number of nitrogens with zero attached hydrogens (tertiary/aromatic N) is 2. The van der Waals surface area contributed by atoms with Gasteiger partial charge >= 0.3 is 0 Å². The predicted octanol–water partition coefficient (Wildman–Crippen LogP) is 0.666. The van der Waals surface area contributed by atoms with Gasteiger partial charge in [-0.2, -0.15) is 0 Å². The van der Waals surface area contributed by atoms with E-state index in [1.54, 1.807) is 7.11 Å². The average Bonchev–Trinajstić information content (AvgIpc) is 2.89. The molecule has 1 aromatic heterocycles. The van der Waals surface area contributed by atoms with Gasteiger partial charge in [0, 0.05) is 43.3 Å². The van der Waals surface area contributed by atoms with Crippen LogP contribution in [-0.2, 0) is 23.1 Å². The summed E-state index contributed by atoms with van der Waals surface area (Å²) in [5.41, 5.74) is 2.31. The molecule has 0 unspecified atom stereocenters. The van der Waals surface area contributed by atoms with Crippen LogP contribution in [0.4, 0.5) is 0 Å². The number of aromatic nitrogens is 1. The Kier molecular flexibility index (Phi) is 5.46. The lowest BCUT2D eigenvalue weighted by Crippen LogP contribution is -2.51. The van der Waals surface area contributed by atoms with Gasteiger partial charge in [-0.25, -0.2) is 0 Å². The van der Waals surface area contributed by atoms with Gasteiger partial charge in [-0.15, -0.1) is 0 Å². The van der Waals surface area contributed by atoms with Crippen molar-refractivity contribution in [2.75, 3.05) is 33.3 Å². The molecule has 0 bridgehead atoms. The molecule has 0 saturated carbocycles. The van der Waals surface area contributed by atoms with E-state index in [0.29, 0.717) is 13.1 Å². The van der Waals surface area contributed by atoms with Crippen molar-refractivity contribution in [2.24, 2.45) is 7.05 Å². The summed E-state index contributed by atoms with van der Waals surface area (Å²) in [6, 6.07) is 6.03. The number of hydrogen-bond donors (Lipinski definition) is 2. The summed E-state index contributed by atoms with van der Waals surface area (Å²) in [6.07, 6.45) is 2.83. The molecule has 1 aromatic carbocycles. The first-order chi connectivity index (χ1) is 12.5. The second-order valence-corrected chi connectivity index (χ2v) is 6.88. The topological polar surface area (TPSA) is 75.6 Å². The maximum Gasteiger partial charge on any atom is 0.234 e. The molecule has 7 heteroatoms. The number of carbonyl (C=O) groups is 2. The molecule has 2 N–H and O–H groups in total. The van der Waals surface area contributed by atoms with E-state index in [-0.39, 0.29) is 30.9 Å². The van der Waals surface area contributed by atoms with Crippen molar-refractivity contribution < 1.29 is 14.3 Å². The highest BCUT2D eigenvalue weighted by Crippen LogP contribution is 2.26. The molecule has 1 fully saturated rings. The van der Waals surface area contributed by atoms with Crippen molar-refractivity contribution in [2.45, 2.75) is 19.4 Å². The van der Waals surface area contributed by atoms with E-state index in [1.807, 2.05) is 37.1 Å². The lowest BCUT2D eigenvalue weighted by molar-refractivity contribution is -0.127. The van der Waals surface area contributed by atoms with Crippen LogP contribution in [0.25, 0.3) is 10.9 Å². The number of nitrogens with one attached hydrogen (secondary N) is 2. The third kappa shape index (κ3) is 4.16. The number of piperazine rings is 1. The number of benzene rings is 1. The third-order valence-corrected chi connectivity index (χ3v) is 4.70. The van der Waals surface area contributed by atoms with Crippen LogP contribution in [0.15, 0.2) is 24.4 Å². The summed E-state index contributed by atoms with van der Waals surface area (Å²) in [4.78, 5) is 25.5. The number of fused-ring (bicyclic) bond motifs is 1. The van der Waals surface area contributed by atoms with Crippen molar-refractivity contribution in [3.63, 3.8) is 0 Å². The van der Waals surface area contributed by atoms with Crippen LogP contribution in [0, 0.1) is 0 Å². The van der Waals surface area contributed by atoms with Crippen LogP contribution in [-0.4, -0.2) is 60.6 Å². The Morgan fingerprint density at radius 3 is 2.96 bits per heavy atom. The van der Waals surface area contributed by atoms with Crippen LogP contribution in [0.5, 0.6) is 5.75 Å². The summed E-state index contributed by atoms with van der Waals surface area (Å²) in [7, 11) is 3.68. The molecule has 0 spiro atoms. The molecule has 1 atom stereocenters. The molecule has 3 rings (SSSR count). The molecule has 2 aromatic rings. The predicted molar refractivity (Wildman–Crippen MR) is 100 cm³/mol. The second-order valence-electron chi connectivity index (χ2n) is 6.88. The minimum Gasteiger partial charge on any atom is -0.497 e. The van der Waals surface area contributed by atoms with E-state index in [1.165, 1.54) is 5.56 Å². The first kappa shape index (κ1) is 18.3. The van der Waals surface area contributed by atoms with Crippen molar-refractivity contribution >= 4 is 22.7 Å². The minimum atomic E-state index is -0.0509. The molecule has 2 heterocycles. The van der Waals surface area contributed by atoms with Gasteiger partial charge in [0.2, 0.25) is 11.8 Å². The smallest absolute Gasteiger partial charge is 0.234 e. The van der Waals surface area contributed by atoms with Crippen molar-refractivity contribution in [1.82, 2.24) is 20.1 Å². The fourth-order valence-corrected chi connectivity index (χ4v) is 3.47. The van der Waals surface area contributed by atoms with E-state index in [4.69, 9.17) is 4.74 Å². The summed E-state index contributed by atoms with van der Waals surface area (Å²) in [5.74, 6) is 0.747. The van der Waals surface area contributed by atoms with E-state index < -0.39 is 0 Å². The molecule has 1 aliphatic rings. The van der Waals surface area contributed by atoms with Crippen molar-refractivity contribution in [1.29, 1.82) is 0 Å². The van der Waals surface area contributed by atoms with Gasteiger partial charge in [-0.1, -0.05) is 0 Å². The van der Waals surface area contributed by atoms with E-state index >= 15 is 0 Å².